The minimum Gasteiger partial charge on any atom is -0.456 e. The van der Waals surface area contributed by atoms with Crippen LogP contribution in [-0.2, 0) is 30.3 Å². The normalized spacial score (nSPS) is 28.9. The Kier molecular flexibility index (Phi) is 7.89. The maximum Gasteiger partial charge on any atom is 0.309 e. The Bertz CT molecular complexity index is 598. The molecule has 0 aromatic heterocycles. The quantitative estimate of drug-likeness (QED) is 0.545. The average Bonchev–Trinajstić information content (AvgIpc) is 2.99. The predicted octanol–water partition coefficient (Wildman–Crippen LogP) is 4.63. The summed E-state index contributed by atoms with van der Waals surface area (Å²) in [6, 6.07) is 10.0. The maximum atomic E-state index is 11.9. The van der Waals surface area contributed by atoms with Gasteiger partial charge in [0.1, 0.15) is 11.7 Å². The van der Waals surface area contributed by atoms with Crippen molar-refractivity contribution in [2.45, 2.75) is 83.4 Å². The van der Waals surface area contributed by atoms with Crippen molar-refractivity contribution in [3.05, 3.63) is 35.9 Å². The van der Waals surface area contributed by atoms with Crippen molar-refractivity contribution in [3.63, 3.8) is 0 Å². The highest BCUT2D eigenvalue weighted by Gasteiger charge is 2.46. The fourth-order valence-corrected chi connectivity index (χ4v) is 3.95. The van der Waals surface area contributed by atoms with Gasteiger partial charge in [0, 0.05) is 6.61 Å². The SMILES string of the molecule is CC(CCC[C@@]1(C)OC(=O)C[C@@H]1OCc1ccccc1)COC1CCCCO1. The molecule has 5 heteroatoms. The van der Waals surface area contributed by atoms with Crippen LogP contribution < -0.4 is 0 Å². The Hall–Kier alpha value is -1.43. The summed E-state index contributed by atoms with van der Waals surface area (Å²) in [6.07, 6.45) is 6.26. The van der Waals surface area contributed by atoms with Gasteiger partial charge in [-0.3, -0.25) is 4.79 Å². The van der Waals surface area contributed by atoms with Crippen LogP contribution in [0.4, 0.5) is 0 Å². The van der Waals surface area contributed by atoms with Crippen molar-refractivity contribution in [1.29, 1.82) is 0 Å². The van der Waals surface area contributed by atoms with Crippen LogP contribution in [0.15, 0.2) is 30.3 Å². The van der Waals surface area contributed by atoms with Crippen molar-refractivity contribution in [2.24, 2.45) is 5.92 Å². The standard InChI is InChI=1S/C23H34O5/c1-18(16-27-22-12-6-7-14-25-22)9-8-13-23(2)20(15-21(24)28-23)26-17-19-10-4-3-5-11-19/h3-5,10-11,18,20,22H,6-9,12-17H2,1-2H3/t18?,20-,22?,23+/m0/s1. The molecule has 2 aliphatic heterocycles. The molecule has 3 rings (SSSR count). The van der Waals surface area contributed by atoms with Crippen LogP contribution in [0.3, 0.4) is 0 Å². The Morgan fingerprint density at radius 1 is 1.21 bits per heavy atom. The first-order valence-corrected chi connectivity index (χ1v) is 10.7. The van der Waals surface area contributed by atoms with E-state index < -0.39 is 5.60 Å². The summed E-state index contributed by atoms with van der Waals surface area (Å²) in [4.78, 5) is 11.9. The molecule has 2 saturated heterocycles. The van der Waals surface area contributed by atoms with Crippen LogP contribution in [0.5, 0.6) is 0 Å². The minimum atomic E-state index is -0.543. The summed E-state index contributed by atoms with van der Waals surface area (Å²) in [6.45, 7) is 6.24. The fraction of sp³-hybridized carbons (Fsp3) is 0.696. The van der Waals surface area contributed by atoms with Crippen LogP contribution in [-0.4, -0.2) is 37.2 Å². The number of esters is 1. The van der Waals surface area contributed by atoms with Crippen molar-refractivity contribution in [1.82, 2.24) is 0 Å². The van der Waals surface area contributed by atoms with Crippen molar-refractivity contribution in [2.75, 3.05) is 13.2 Å². The van der Waals surface area contributed by atoms with Crippen LogP contribution in [0.25, 0.3) is 0 Å². The van der Waals surface area contributed by atoms with Crippen molar-refractivity contribution < 1.29 is 23.7 Å². The molecule has 156 valence electrons. The third-order valence-electron chi connectivity index (χ3n) is 5.75. The lowest BCUT2D eigenvalue weighted by molar-refractivity contribution is -0.168. The molecule has 2 fully saturated rings. The lowest BCUT2D eigenvalue weighted by Crippen LogP contribution is -2.37. The van der Waals surface area contributed by atoms with Gasteiger partial charge in [-0.2, -0.15) is 0 Å². The topological polar surface area (TPSA) is 54.0 Å². The summed E-state index contributed by atoms with van der Waals surface area (Å²) >= 11 is 0. The summed E-state index contributed by atoms with van der Waals surface area (Å²) < 4.78 is 23.3. The molecule has 0 saturated carbocycles. The summed E-state index contributed by atoms with van der Waals surface area (Å²) in [7, 11) is 0. The highest BCUT2D eigenvalue weighted by Crippen LogP contribution is 2.35. The monoisotopic (exact) mass is 390 g/mol. The maximum absolute atomic E-state index is 11.9. The third-order valence-corrected chi connectivity index (χ3v) is 5.75. The van der Waals surface area contributed by atoms with Gasteiger partial charge in [-0.1, -0.05) is 37.3 Å². The second kappa shape index (κ2) is 10.4. The van der Waals surface area contributed by atoms with E-state index in [1.807, 2.05) is 37.3 Å². The van der Waals surface area contributed by atoms with E-state index in [9.17, 15) is 4.79 Å². The second-order valence-corrected chi connectivity index (χ2v) is 8.40. The molecule has 1 aromatic rings. The van der Waals surface area contributed by atoms with Gasteiger partial charge in [0.2, 0.25) is 0 Å². The Morgan fingerprint density at radius 2 is 2.04 bits per heavy atom. The lowest BCUT2D eigenvalue weighted by Gasteiger charge is -2.30. The number of carbonyl (C=O) groups is 1. The molecular weight excluding hydrogens is 356 g/mol. The third kappa shape index (κ3) is 6.29. The zero-order valence-corrected chi connectivity index (χ0v) is 17.2. The lowest BCUT2D eigenvalue weighted by atomic mass is 9.91. The minimum absolute atomic E-state index is 0.0275. The van der Waals surface area contributed by atoms with E-state index in [1.54, 1.807) is 0 Å². The van der Waals surface area contributed by atoms with Gasteiger partial charge in [0.25, 0.3) is 0 Å². The first-order chi connectivity index (χ1) is 13.5. The molecule has 2 aliphatic rings. The van der Waals surface area contributed by atoms with Gasteiger partial charge < -0.3 is 18.9 Å². The molecule has 0 radical (unpaired) electrons. The van der Waals surface area contributed by atoms with Gasteiger partial charge in [-0.15, -0.1) is 0 Å². The van der Waals surface area contributed by atoms with Gasteiger partial charge in [0.15, 0.2) is 6.29 Å². The molecule has 0 amide bonds. The van der Waals surface area contributed by atoms with Gasteiger partial charge >= 0.3 is 5.97 Å². The number of cyclic esters (lactones) is 1. The smallest absolute Gasteiger partial charge is 0.309 e. The van der Waals surface area contributed by atoms with E-state index in [1.165, 1.54) is 6.42 Å². The molecule has 0 aliphatic carbocycles. The van der Waals surface area contributed by atoms with Crippen LogP contribution in [0, 0.1) is 5.92 Å². The Balaban J connectivity index is 1.40. The van der Waals surface area contributed by atoms with E-state index in [4.69, 9.17) is 18.9 Å². The molecule has 4 atom stereocenters. The fourth-order valence-electron chi connectivity index (χ4n) is 3.95. The van der Waals surface area contributed by atoms with Gasteiger partial charge in [-0.05, 0) is 56.9 Å². The Labute approximate surface area is 168 Å². The van der Waals surface area contributed by atoms with Crippen LogP contribution in [0.2, 0.25) is 0 Å². The second-order valence-electron chi connectivity index (χ2n) is 8.40. The molecule has 28 heavy (non-hydrogen) atoms. The molecule has 5 nitrogen and oxygen atoms in total. The molecule has 2 unspecified atom stereocenters. The number of rotatable bonds is 10. The molecular formula is C23H34O5. The molecule has 2 heterocycles. The molecule has 0 bridgehead atoms. The van der Waals surface area contributed by atoms with E-state index in [-0.39, 0.29) is 18.4 Å². The number of hydrogen-bond donors (Lipinski definition) is 0. The van der Waals surface area contributed by atoms with Crippen LogP contribution in [0.1, 0.15) is 64.4 Å². The van der Waals surface area contributed by atoms with Crippen molar-refractivity contribution in [3.8, 4) is 0 Å². The number of ether oxygens (including phenoxy) is 4. The summed E-state index contributed by atoms with van der Waals surface area (Å²) in [5, 5.41) is 0. The van der Waals surface area contributed by atoms with Gasteiger partial charge in [-0.25, -0.2) is 0 Å². The number of benzene rings is 1. The van der Waals surface area contributed by atoms with Crippen molar-refractivity contribution >= 4 is 5.97 Å². The predicted molar refractivity (Wildman–Crippen MR) is 107 cm³/mol. The molecule has 1 aromatic carbocycles. The van der Waals surface area contributed by atoms with Crippen LogP contribution >= 0.6 is 0 Å². The summed E-state index contributed by atoms with van der Waals surface area (Å²) in [5.74, 6) is 0.293. The molecule has 0 N–H and O–H groups in total. The van der Waals surface area contributed by atoms with E-state index >= 15 is 0 Å². The van der Waals surface area contributed by atoms with E-state index in [0.717, 1.165) is 50.9 Å². The average molecular weight is 391 g/mol. The number of hydrogen-bond acceptors (Lipinski definition) is 5. The molecule has 0 spiro atoms. The summed E-state index contributed by atoms with van der Waals surface area (Å²) in [5.41, 5.74) is 0.568. The zero-order valence-electron chi connectivity index (χ0n) is 17.2. The Morgan fingerprint density at radius 3 is 2.79 bits per heavy atom. The highest BCUT2D eigenvalue weighted by molar-refractivity contribution is 5.73. The van der Waals surface area contributed by atoms with Gasteiger partial charge in [0.05, 0.1) is 19.6 Å². The van der Waals surface area contributed by atoms with E-state index in [0.29, 0.717) is 18.9 Å². The zero-order chi connectivity index (χ0) is 19.8. The number of carbonyl (C=O) groups excluding carboxylic acids is 1. The first-order valence-electron chi connectivity index (χ1n) is 10.7. The first kappa shape index (κ1) is 21.3. The highest BCUT2D eigenvalue weighted by atomic mass is 16.7. The largest absolute Gasteiger partial charge is 0.456 e. The van der Waals surface area contributed by atoms with E-state index in [2.05, 4.69) is 6.92 Å².